The Labute approximate surface area is 96.7 Å². The van der Waals surface area contributed by atoms with Crippen molar-refractivity contribution in [3.8, 4) is 6.07 Å². The molecule has 0 aliphatic heterocycles. The van der Waals surface area contributed by atoms with E-state index in [0.717, 1.165) is 12.2 Å². The molecule has 2 N–H and O–H groups in total. The first kappa shape index (κ1) is 12.5. The second-order valence-corrected chi connectivity index (χ2v) is 4.74. The fourth-order valence-electron chi connectivity index (χ4n) is 1.52. The third kappa shape index (κ3) is 3.21. The van der Waals surface area contributed by atoms with Gasteiger partial charge in [0.25, 0.3) is 0 Å². The van der Waals surface area contributed by atoms with Crippen LogP contribution in [0, 0.1) is 16.7 Å². The molecule has 4 heteroatoms. The lowest BCUT2D eigenvalue weighted by atomic mass is 9.93. The van der Waals surface area contributed by atoms with Crippen molar-refractivity contribution < 1.29 is 0 Å². The summed E-state index contributed by atoms with van der Waals surface area (Å²) in [5.74, 6) is 0. The number of pyridine rings is 1. The predicted octanol–water partition coefficient (Wildman–Crippen LogP) is 1.37. The van der Waals surface area contributed by atoms with Crippen LogP contribution in [-0.2, 0) is 0 Å². The summed E-state index contributed by atoms with van der Waals surface area (Å²) in [7, 11) is 1.99. The minimum absolute atomic E-state index is 0.0603. The molecule has 0 spiro atoms. The average Bonchev–Trinajstić information content (AvgIpc) is 2.28. The maximum atomic E-state index is 8.77. The molecule has 0 aromatic carbocycles. The fraction of sp³-hybridized carbons (Fsp3) is 0.500. The monoisotopic (exact) mass is 218 g/mol. The summed E-state index contributed by atoms with van der Waals surface area (Å²) in [6.07, 6.45) is 1.65. The summed E-state index contributed by atoms with van der Waals surface area (Å²) in [6, 6.07) is 5.72. The zero-order valence-corrected chi connectivity index (χ0v) is 10.1. The minimum Gasteiger partial charge on any atom is -0.374 e. The zero-order valence-electron chi connectivity index (χ0n) is 10.1. The van der Waals surface area contributed by atoms with Crippen LogP contribution in [0.4, 0.5) is 5.69 Å². The summed E-state index contributed by atoms with van der Waals surface area (Å²) in [5.41, 5.74) is 7.19. The molecule has 0 aliphatic carbocycles. The largest absolute Gasteiger partial charge is 0.374 e. The SMILES string of the molecule is CN(CC(C)(C)CN)c1ccnc(C#N)c1. The van der Waals surface area contributed by atoms with Gasteiger partial charge >= 0.3 is 0 Å². The first-order valence-electron chi connectivity index (χ1n) is 5.26. The van der Waals surface area contributed by atoms with Crippen LogP contribution in [0.2, 0.25) is 0 Å². The third-order valence-electron chi connectivity index (χ3n) is 2.52. The van der Waals surface area contributed by atoms with Gasteiger partial charge in [0, 0.05) is 25.5 Å². The molecule has 4 nitrogen and oxygen atoms in total. The standard InChI is InChI=1S/C12H18N4/c1-12(2,8-14)9-16(3)11-4-5-15-10(6-11)7-13/h4-6H,8-9,14H2,1-3H3. The van der Waals surface area contributed by atoms with Gasteiger partial charge < -0.3 is 10.6 Å². The molecule has 16 heavy (non-hydrogen) atoms. The lowest BCUT2D eigenvalue weighted by molar-refractivity contribution is 0.385. The van der Waals surface area contributed by atoms with E-state index < -0.39 is 0 Å². The molecule has 0 radical (unpaired) electrons. The van der Waals surface area contributed by atoms with Crippen LogP contribution >= 0.6 is 0 Å². The van der Waals surface area contributed by atoms with Crippen LogP contribution in [0.15, 0.2) is 18.3 Å². The highest BCUT2D eigenvalue weighted by Gasteiger charge is 2.18. The smallest absolute Gasteiger partial charge is 0.142 e. The van der Waals surface area contributed by atoms with Gasteiger partial charge in [-0.1, -0.05) is 13.8 Å². The molecule has 1 aromatic heterocycles. The van der Waals surface area contributed by atoms with Crippen molar-refractivity contribution in [1.82, 2.24) is 4.98 Å². The quantitative estimate of drug-likeness (QED) is 0.829. The summed E-state index contributed by atoms with van der Waals surface area (Å²) in [5, 5.41) is 8.77. The van der Waals surface area contributed by atoms with Crippen LogP contribution in [-0.4, -0.2) is 25.1 Å². The summed E-state index contributed by atoms with van der Waals surface area (Å²) < 4.78 is 0. The number of nitrogens with two attached hydrogens (primary N) is 1. The number of nitriles is 1. The van der Waals surface area contributed by atoms with Crippen LogP contribution in [0.5, 0.6) is 0 Å². The van der Waals surface area contributed by atoms with Gasteiger partial charge in [-0.15, -0.1) is 0 Å². The van der Waals surface area contributed by atoms with Crippen LogP contribution < -0.4 is 10.6 Å². The van der Waals surface area contributed by atoms with E-state index in [2.05, 4.69) is 23.7 Å². The molecule has 1 rings (SSSR count). The van der Waals surface area contributed by atoms with Crippen LogP contribution in [0.25, 0.3) is 0 Å². The molecule has 0 amide bonds. The van der Waals surface area contributed by atoms with E-state index in [0.29, 0.717) is 12.2 Å². The second-order valence-electron chi connectivity index (χ2n) is 4.74. The Hall–Kier alpha value is -1.60. The van der Waals surface area contributed by atoms with E-state index in [9.17, 15) is 0 Å². The molecular weight excluding hydrogens is 200 g/mol. The highest BCUT2D eigenvalue weighted by atomic mass is 15.1. The van der Waals surface area contributed by atoms with Gasteiger partial charge in [0.1, 0.15) is 11.8 Å². The Balaban J connectivity index is 2.81. The number of aromatic nitrogens is 1. The van der Waals surface area contributed by atoms with Crippen molar-refractivity contribution in [3.63, 3.8) is 0 Å². The van der Waals surface area contributed by atoms with E-state index in [4.69, 9.17) is 11.0 Å². The van der Waals surface area contributed by atoms with Crippen molar-refractivity contribution >= 4 is 5.69 Å². The molecule has 0 saturated heterocycles. The van der Waals surface area contributed by atoms with Crippen molar-refractivity contribution in [1.29, 1.82) is 5.26 Å². The number of hydrogen-bond donors (Lipinski definition) is 1. The molecule has 0 saturated carbocycles. The highest BCUT2D eigenvalue weighted by molar-refractivity contribution is 5.48. The van der Waals surface area contributed by atoms with Gasteiger partial charge in [0.15, 0.2) is 0 Å². The van der Waals surface area contributed by atoms with E-state index in [1.165, 1.54) is 0 Å². The van der Waals surface area contributed by atoms with Crippen molar-refractivity contribution in [3.05, 3.63) is 24.0 Å². The van der Waals surface area contributed by atoms with E-state index >= 15 is 0 Å². The average molecular weight is 218 g/mol. The van der Waals surface area contributed by atoms with Gasteiger partial charge in [-0.05, 0) is 24.1 Å². The van der Waals surface area contributed by atoms with E-state index in [-0.39, 0.29) is 5.41 Å². The molecule has 0 atom stereocenters. The molecule has 0 bridgehead atoms. The first-order valence-corrected chi connectivity index (χ1v) is 5.26. The Morgan fingerprint density at radius 3 is 2.81 bits per heavy atom. The number of nitrogens with zero attached hydrogens (tertiary/aromatic N) is 3. The van der Waals surface area contributed by atoms with Crippen LogP contribution in [0.1, 0.15) is 19.5 Å². The predicted molar refractivity (Wildman–Crippen MR) is 65.1 cm³/mol. The Morgan fingerprint density at radius 1 is 1.56 bits per heavy atom. The molecule has 0 unspecified atom stereocenters. The van der Waals surface area contributed by atoms with Crippen molar-refractivity contribution in [2.75, 3.05) is 25.0 Å². The summed E-state index contributed by atoms with van der Waals surface area (Å²) >= 11 is 0. The normalized spacial score (nSPS) is 10.9. The lowest BCUT2D eigenvalue weighted by Gasteiger charge is -2.30. The molecule has 86 valence electrons. The maximum absolute atomic E-state index is 8.77. The first-order chi connectivity index (χ1) is 7.48. The maximum Gasteiger partial charge on any atom is 0.142 e. The molecule has 1 aromatic rings. The molecule has 0 aliphatic rings. The lowest BCUT2D eigenvalue weighted by Crippen LogP contribution is -2.36. The van der Waals surface area contributed by atoms with Gasteiger partial charge in [0.2, 0.25) is 0 Å². The second kappa shape index (κ2) is 4.95. The van der Waals surface area contributed by atoms with Gasteiger partial charge in [-0.3, -0.25) is 0 Å². The number of rotatable bonds is 4. The Morgan fingerprint density at radius 2 is 2.25 bits per heavy atom. The van der Waals surface area contributed by atoms with Gasteiger partial charge in [-0.25, -0.2) is 4.98 Å². The van der Waals surface area contributed by atoms with Crippen molar-refractivity contribution in [2.45, 2.75) is 13.8 Å². The highest BCUT2D eigenvalue weighted by Crippen LogP contribution is 2.19. The summed E-state index contributed by atoms with van der Waals surface area (Å²) in [6.45, 7) is 5.72. The number of anilines is 1. The van der Waals surface area contributed by atoms with Gasteiger partial charge in [0.05, 0.1) is 0 Å². The van der Waals surface area contributed by atoms with E-state index in [1.54, 1.807) is 12.3 Å². The van der Waals surface area contributed by atoms with Crippen molar-refractivity contribution in [2.24, 2.45) is 11.1 Å². The van der Waals surface area contributed by atoms with Crippen LogP contribution in [0.3, 0.4) is 0 Å². The van der Waals surface area contributed by atoms with Gasteiger partial charge in [-0.2, -0.15) is 5.26 Å². The topological polar surface area (TPSA) is 65.9 Å². The fourth-order valence-corrected chi connectivity index (χ4v) is 1.52. The molecule has 0 fully saturated rings. The summed E-state index contributed by atoms with van der Waals surface area (Å²) in [4.78, 5) is 6.04. The Bertz CT molecular complexity index is 392. The molecular formula is C12H18N4. The number of hydrogen-bond acceptors (Lipinski definition) is 4. The Kier molecular flexibility index (Phi) is 3.86. The zero-order chi connectivity index (χ0) is 12.2. The minimum atomic E-state index is 0.0603. The third-order valence-corrected chi connectivity index (χ3v) is 2.52. The molecule has 1 heterocycles. The van der Waals surface area contributed by atoms with E-state index in [1.807, 2.05) is 19.2 Å².